The van der Waals surface area contributed by atoms with Crippen LogP contribution in [-0.2, 0) is 0 Å². The fourth-order valence-corrected chi connectivity index (χ4v) is 3.98. The van der Waals surface area contributed by atoms with Gasteiger partial charge in [-0.05, 0) is 57.5 Å². The lowest BCUT2D eigenvalue weighted by Gasteiger charge is -2.39. The van der Waals surface area contributed by atoms with E-state index in [0.29, 0.717) is 0 Å². The van der Waals surface area contributed by atoms with E-state index in [-0.39, 0.29) is 0 Å². The highest BCUT2D eigenvalue weighted by molar-refractivity contribution is 4.91. The second kappa shape index (κ2) is 4.42. The summed E-state index contributed by atoms with van der Waals surface area (Å²) in [7, 11) is 0. The second-order valence-corrected chi connectivity index (χ2v) is 5.69. The van der Waals surface area contributed by atoms with Crippen LogP contribution in [0.5, 0.6) is 0 Å². The average Bonchev–Trinajstić information content (AvgIpc) is 2.87. The molecule has 0 bridgehead atoms. The number of nitrogens with zero attached hydrogens (tertiary/aromatic N) is 1. The maximum Gasteiger partial charge on any atom is 0.0195 e. The normalized spacial score (nSPS) is 42.0. The molecule has 1 saturated carbocycles. The predicted octanol–water partition coefficient (Wildman–Crippen LogP) is 2.00. The molecule has 3 rings (SSSR count). The Morgan fingerprint density at radius 1 is 1.00 bits per heavy atom. The molecule has 0 aromatic carbocycles. The van der Waals surface area contributed by atoms with Crippen LogP contribution in [0, 0.1) is 5.92 Å². The maximum absolute atomic E-state index is 3.64. The van der Waals surface area contributed by atoms with E-state index < -0.39 is 0 Å². The van der Waals surface area contributed by atoms with Gasteiger partial charge in [-0.3, -0.25) is 4.90 Å². The smallest absolute Gasteiger partial charge is 0.0195 e. The van der Waals surface area contributed by atoms with Gasteiger partial charge in [0.15, 0.2) is 0 Å². The summed E-state index contributed by atoms with van der Waals surface area (Å²) >= 11 is 0. The zero-order chi connectivity index (χ0) is 10.1. The van der Waals surface area contributed by atoms with Gasteiger partial charge in [0.2, 0.25) is 0 Å². The van der Waals surface area contributed by atoms with Crippen LogP contribution < -0.4 is 5.32 Å². The highest BCUT2D eigenvalue weighted by Crippen LogP contribution is 2.36. The largest absolute Gasteiger partial charge is 0.313 e. The lowest BCUT2D eigenvalue weighted by molar-refractivity contribution is 0.104. The van der Waals surface area contributed by atoms with Crippen LogP contribution in [0.2, 0.25) is 0 Å². The van der Waals surface area contributed by atoms with Crippen molar-refractivity contribution in [3.63, 3.8) is 0 Å². The number of likely N-dealkylation sites (tertiary alicyclic amines) is 1. The molecule has 15 heavy (non-hydrogen) atoms. The minimum absolute atomic E-state index is 0.810. The fraction of sp³-hybridized carbons (Fsp3) is 1.00. The summed E-state index contributed by atoms with van der Waals surface area (Å²) in [6.07, 6.45) is 10.3. The molecule has 86 valence electrons. The van der Waals surface area contributed by atoms with E-state index in [2.05, 4.69) is 10.2 Å². The molecule has 0 aromatic rings. The summed E-state index contributed by atoms with van der Waals surface area (Å²) in [5.74, 6) is 1.06. The Morgan fingerprint density at radius 2 is 1.93 bits per heavy atom. The molecule has 0 amide bonds. The summed E-state index contributed by atoms with van der Waals surface area (Å²) in [6, 6.07) is 1.77. The third-order valence-electron chi connectivity index (χ3n) is 4.73. The van der Waals surface area contributed by atoms with Crippen LogP contribution in [0.1, 0.15) is 44.9 Å². The second-order valence-electron chi connectivity index (χ2n) is 5.69. The van der Waals surface area contributed by atoms with Gasteiger partial charge in [-0.1, -0.05) is 6.42 Å². The Kier molecular flexibility index (Phi) is 2.98. The molecule has 3 unspecified atom stereocenters. The van der Waals surface area contributed by atoms with Crippen molar-refractivity contribution in [1.82, 2.24) is 10.2 Å². The van der Waals surface area contributed by atoms with E-state index in [1.165, 1.54) is 64.6 Å². The van der Waals surface area contributed by atoms with Crippen molar-refractivity contribution in [3.05, 3.63) is 0 Å². The molecule has 2 saturated heterocycles. The molecule has 1 N–H and O–H groups in total. The molecule has 0 spiro atoms. The predicted molar refractivity (Wildman–Crippen MR) is 63.0 cm³/mol. The van der Waals surface area contributed by atoms with Crippen molar-refractivity contribution < 1.29 is 0 Å². The summed E-state index contributed by atoms with van der Waals surface area (Å²) in [5, 5.41) is 3.64. The van der Waals surface area contributed by atoms with Crippen molar-refractivity contribution in [2.75, 3.05) is 19.6 Å². The minimum Gasteiger partial charge on any atom is -0.313 e. The summed E-state index contributed by atoms with van der Waals surface area (Å²) in [6.45, 7) is 3.97. The van der Waals surface area contributed by atoms with Crippen molar-refractivity contribution >= 4 is 0 Å². The van der Waals surface area contributed by atoms with Crippen LogP contribution in [0.25, 0.3) is 0 Å². The van der Waals surface area contributed by atoms with E-state index in [1.54, 1.807) is 0 Å². The molecule has 0 aromatic heterocycles. The van der Waals surface area contributed by atoms with E-state index in [0.717, 1.165) is 18.0 Å². The molecular weight excluding hydrogens is 184 g/mol. The summed E-state index contributed by atoms with van der Waals surface area (Å²) in [4.78, 5) is 2.81. The van der Waals surface area contributed by atoms with Crippen molar-refractivity contribution in [1.29, 1.82) is 0 Å². The van der Waals surface area contributed by atoms with Crippen LogP contribution in [0.4, 0.5) is 0 Å². The van der Waals surface area contributed by atoms with Crippen LogP contribution in [-0.4, -0.2) is 36.6 Å². The van der Waals surface area contributed by atoms with Gasteiger partial charge in [-0.25, -0.2) is 0 Å². The molecule has 2 heterocycles. The third kappa shape index (κ3) is 2.07. The Balaban J connectivity index is 1.59. The first-order valence-electron chi connectivity index (χ1n) is 6.91. The molecule has 1 aliphatic carbocycles. The Labute approximate surface area is 93.4 Å². The van der Waals surface area contributed by atoms with Gasteiger partial charge >= 0.3 is 0 Å². The highest BCUT2D eigenvalue weighted by Gasteiger charge is 2.35. The van der Waals surface area contributed by atoms with Gasteiger partial charge in [-0.2, -0.15) is 0 Å². The van der Waals surface area contributed by atoms with E-state index in [9.17, 15) is 0 Å². The van der Waals surface area contributed by atoms with Crippen LogP contribution in [0.3, 0.4) is 0 Å². The molecule has 3 atom stereocenters. The van der Waals surface area contributed by atoms with Gasteiger partial charge in [0, 0.05) is 18.6 Å². The SMILES string of the molecule is C1CNC(CN2CCCC3CCCC32)C1. The minimum atomic E-state index is 0.810. The van der Waals surface area contributed by atoms with Gasteiger partial charge in [0.25, 0.3) is 0 Å². The quantitative estimate of drug-likeness (QED) is 0.747. The standard InChI is InChI=1S/C13H24N2/c1-4-11-5-3-9-15(13(11)7-1)10-12-6-2-8-14-12/h11-14H,1-10H2. The summed E-state index contributed by atoms with van der Waals surface area (Å²) < 4.78 is 0. The number of piperidine rings is 1. The molecule has 2 heteroatoms. The zero-order valence-electron chi connectivity index (χ0n) is 9.75. The molecule has 3 aliphatic rings. The maximum atomic E-state index is 3.64. The molecule has 3 fully saturated rings. The third-order valence-corrected chi connectivity index (χ3v) is 4.73. The van der Waals surface area contributed by atoms with E-state index in [4.69, 9.17) is 0 Å². The van der Waals surface area contributed by atoms with Crippen LogP contribution >= 0.6 is 0 Å². The van der Waals surface area contributed by atoms with E-state index in [1.807, 2.05) is 0 Å². The Bertz CT molecular complexity index is 211. The monoisotopic (exact) mass is 208 g/mol. The fourth-order valence-electron chi connectivity index (χ4n) is 3.98. The first-order chi connectivity index (χ1) is 7.43. The Morgan fingerprint density at radius 3 is 2.80 bits per heavy atom. The van der Waals surface area contributed by atoms with Gasteiger partial charge < -0.3 is 5.32 Å². The molecule has 2 nitrogen and oxygen atoms in total. The number of fused-ring (bicyclic) bond motifs is 1. The average molecular weight is 208 g/mol. The number of hydrogen-bond acceptors (Lipinski definition) is 2. The topological polar surface area (TPSA) is 15.3 Å². The first-order valence-corrected chi connectivity index (χ1v) is 6.91. The van der Waals surface area contributed by atoms with Crippen molar-refractivity contribution in [2.24, 2.45) is 5.92 Å². The zero-order valence-corrected chi connectivity index (χ0v) is 9.75. The first kappa shape index (κ1) is 10.1. The molecule has 0 radical (unpaired) electrons. The van der Waals surface area contributed by atoms with Crippen molar-refractivity contribution in [3.8, 4) is 0 Å². The van der Waals surface area contributed by atoms with Gasteiger partial charge in [0.05, 0.1) is 0 Å². The molecular formula is C13H24N2. The number of rotatable bonds is 2. The molecule has 2 aliphatic heterocycles. The number of nitrogens with one attached hydrogen (secondary N) is 1. The summed E-state index contributed by atoms with van der Waals surface area (Å²) in [5.41, 5.74) is 0. The lowest BCUT2D eigenvalue weighted by atomic mass is 9.91. The Hall–Kier alpha value is -0.0800. The van der Waals surface area contributed by atoms with E-state index >= 15 is 0 Å². The lowest BCUT2D eigenvalue weighted by Crippen LogP contribution is -2.47. The van der Waals surface area contributed by atoms with Crippen molar-refractivity contribution in [2.45, 2.75) is 57.0 Å². The van der Waals surface area contributed by atoms with Gasteiger partial charge in [-0.15, -0.1) is 0 Å². The number of hydrogen-bond donors (Lipinski definition) is 1. The highest BCUT2D eigenvalue weighted by atomic mass is 15.2. The van der Waals surface area contributed by atoms with Gasteiger partial charge in [0.1, 0.15) is 0 Å². The van der Waals surface area contributed by atoms with Crippen LogP contribution in [0.15, 0.2) is 0 Å².